The summed E-state index contributed by atoms with van der Waals surface area (Å²) in [4.78, 5) is 2.60. The molecule has 0 aliphatic carbocycles. The highest BCUT2D eigenvalue weighted by Crippen LogP contribution is 2.36. The molecule has 1 fully saturated rings. The van der Waals surface area contributed by atoms with Crippen molar-refractivity contribution in [1.29, 1.82) is 0 Å². The predicted octanol–water partition coefficient (Wildman–Crippen LogP) is 5.62. The van der Waals surface area contributed by atoms with Crippen LogP contribution in [0.5, 0.6) is 0 Å². The molecule has 1 saturated heterocycles. The lowest BCUT2D eigenvalue weighted by atomic mass is 9.90. The molecule has 3 aromatic rings. The summed E-state index contributed by atoms with van der Waals surface area (Å²) in [5, 5.41) is 8.96. The van der Waals surface area contributed by atoms with Crippen molar-refractivity contribution >= 4 is 5.82 Å². The molecule has 3 heterocycles. The van der Waals surface area contributed by atoms with Crippen molar-refractivity contribution in [3.05, 3.63) is 76.5 Å². The summed E-state index contributed by atoms with van der Waals surface area (Å²) in [6, 6.07) is 17.6. The highest BCUT2D eigenvalue weighted by molar-refractivity contribution is 5.56. The van der Waals surface area contributed by atoms with Gasteiger partial charge in [0.2, 0.25) is 0 Å². The second kappa shape index (κ2) is 8.88. The minimum Gasteiger partial charge on any atom is -0.370 e. The third kappa shape index (κ3) is 4.27. The van der Waals surface area contributed by atoms with Gasteiger partial charge in [0.25, 0.3) is 0 Å². The molecule has 1 N–H and O–H groups in total. The molecule has 5 rings (SSSR count). The molecule has 0 radical (unpaired) electrons. The molecule has 4 nitrogen and oxygen atoms in total. The van der Waals surface area contributed by atoms with Crippen molar-refractivity contribution in [3.63, 3.8) is 0 Å². The molecule has 0 saturated carbocycles. The van der Waals surface area contributed by atoms with Crippen LogP contribution in [0.3, 0.4) is 0 Å². The second-order valence-electron chi connectivity index (χ2n) is 9.31. The molecular formula is C27H34N4. The summed E-state index contributed by atoms with van der Waals surface area (Å²) in [5.41, 5.74) is 8.07. The average molecular weight is 415 g/mol. The number of piperidine rings is 1. The Kier molecular flexibility index (Phi) is 5.82. The zero-order valence-electron chi connectivity index (χ0n) is 18.9. The fraction of sp³-hybridized carbons (Fsp3) is 0.444. The number of fused-ring (bicyclic) bond motifs is 1. The van der Waals surface area contributed by atoms with Gasteiger partial charge in [-0.3, -0.25) is 4.90 Å². The van der Waals surface area contributed by atoms with Crippen molar-refractivity contribution in [1.82, 2.24) is 14.7 Å². The van der Waals surface area contributed by atoms with Crippen molar-refractivity contribution in [2.45, 2.75) is 58.4 Å². The Bertz CT molecular complexity index is 1030. The van der Waals surface area contributed by atoms with Crippen LogP contribution in [0.1, 0.15) is 59.5 Å². The van der Waals surface area contributed by atoms with Crippen LogP contribution in [-0.4, -0.2) is 34.3 Å². The molecule has 31 heavy (non-hydrogen) atoms. The zero-order chi connectivity index (χ0) is 21.2. The van der Waals surface area contributed by atoms with Crippen LogP contribution in [0.15, 0.2) is 48.5 Å². The first kappa shape index (κ1) is 20.3. The molecule has 2 aliphatic heterocycles. The van der Waals surface area contributed by atoms with E-state index in [1.807, 2.05) is 0 Å². The van der Waals surface area contributed by atoms with Gasteiger partial charge >= 0.3 is 0 Å². The fourth-order valence-electron chi connectivity index (χ4n) is 5.11. The molecule has 2 aromatic carbocycles. The molecular weight excluding hydrogens is 380 g/mol. The number of nitrogens with zero attached hydrogens (tertiary/aromatic N) is 3. The summed E-state index contributed by atoms with van der Waals surface area (Å²) in [6.07, 6.45) is 6.02. The Morgan fingerprint density at radius 3 is 2.55 bits per heavy atom. The van der Waals surface area contributed by atoms with Gasteiger partial charge in [0.15, 0.2) is 0 Å². The second-order valence-corrected chi connectivity index (χ2v) is 9.31. The number of anilines is 1. The number of aromatic nitrogens is 2. The lowest BCUT2D eigenvalue weighted by molar-refractivity contribution is 0.203. The maximum Gasteiger partial charge on any atom is 0.133 e. The van der Waals surface area contributed by atoms with Gasteiger partial charge in [-0.05, 0) is 87.9 Å². The topological polar surface area (TPSA) is 33.1 Å². The van der Waals surface area contributed by atoms with Crippen LogP contribution >= 0.6 is 0 Å². The molecule has 0 amide bonds. The van der Waals surface area contributed by atoms with Crippen LogP contribution in [0.25, 0.3) is 5.69 Å². The first-order chi connectivity index (χ1) is 15.2. The third-order valence-electron chi connectivity index (χ3n) is 7.12. The van der Waals surface area contributed by atoms with Gasteiger partial charge in [-0.25, -0.2) is 4.68 Å². The minimum absolute atomic E-state index is 0.563. The van der Waals surface area contributed by atoms with Crippen LogP contribution in [0.2, 0.25) is 0 Å². The highest BCUT2D eigenvalue weighted by atomic mass is 15.3. The molecule has 162 valence electrons. The maximum atomic E-state index is 5.24. The number of aryl methyl sites for hydroxylation is 2. The van der Waals surface area contributed by atoms with E-state index in [4.69, 9.17) is 5.10 Å². The summed E-state index contributed by atoms with van der Waals surface area (Å²) < 4.78 is 2.19. The number of hydrogen-bond acceptors (Lipinski definition) is 3. The average Bonchev–Trinajstić information content (AvgIpc) is 2.98. The molecule has 1 aromatic heterocycles. The van der Waals surface area contributed by atoms with Crippen molar-refractivity contribution < 1.29 is 0 Å². The SMILES string of the molecule is Cc1ccc(-n2nc(C3CCN(Cc4ccccc4)CC3)c3c2NCCCC3)cc1C. The van der Waals surface area contributed by atoms with Crippen molar-refractivity contribution in [2.24, 2.45) is 0 Å². The van der Waals surface area contributed by atoms with Crippen molar-refractivity contribution in [2.75, 3.05) is 25.0 Å². The molecule has 0 spiro atoms. The zero-order valence-corrected chi connectivity index (χ0v) is 18.9. The van der Waals surface area contributed by atoms with Crippen LogP contribution in [0, 0.1) is 13.8 Å². The summed E-state index contributed by atoms with van der Waals surface area (Å²) in [5.74, 6) is 1.80. The number of likely N-dealkylation sites (tertiary alicyclic amines) is 1. The molecule has 4 heteroatoms. The van der Waals surface area contributed by atoms with Gasteiger partial charge in [0, 0.05) is 24.6 Å². The van der Waals surface area contributed by atoms with Crippen LogP contribution in [0.4, 0.5) is 5.82 Å². The van der Waals surface area contributed by atoms with E-state index in [1.54, 1.807) is 0 Å². The first-order valence-corrected chi connectivity index (χ1v) is 11.9. The Labute approximate surface area is 186 Å². The van der Waals surface area contributed by atoms with Gasteiger partial charge in [-0.2, -0.15) is 5.10 Å². The first-order valence-electron chi connectivity index (χ1n) is 11.9. The molecule has 0 atom stereocenters. The monoisotopic (exact) mass is 414 g/mol. The molecule has 0 unspecified atom stereocenters. The highest BCUT2D eigenvalue weighted by Gasteiger charge is 2.29. The van der Waals surface area contributed by atoms with E-state index in [1.165, 1.54) is 65.1 Å². The lowest BCUT2D eigenvalue weighted by Crippen LogP contribution is -2.32. The van der Waals surface area contributed by atoms with E-state index in [9.17, 15) is 0 Å². The van der Waals surface area contributed by atoms with E-state index in [2.05, 4.69) is 77.3 Å². The van der Waals surface area contributed by atoms with Crippen LogP contribution < -0.4 is 5.32 Å². The fourth-order valence-corrected chi connectivity index (χ4v) is 5.11. The summed E-state index contributed by atoms with van der Waals surface area (Å²) in [6.45, 7) is 8.77. The van der Waals surface area contributed by atoms with Crippen LogP contribution in [-0.2, 0) is 13.0 Å². The third-order valence-corrected chi connectivity index (χ3v) is 7.12. The smallest absolute Gasteiger partial charge is 0.133 e. The Balaban J connectivity index is 1.39. The van der Waals surface area contributed by atoms with Gasteiger partial charge in [0.1, 0.15) is 5.82 Å². The standard InChI is InChI=1S/C27H34N4/c1-20-11-12-24(18-21(20)2)31-27-25(10-6-7-15-28-27)26(29-31)23-13-16-30(17-14-23)19-22-8-4-3-5-9-22/h3-5,8-9,11-12,18,23,28H,6-7,10,13-17,19H2,1-2H3. The molecule has 0 bridgehead atoms. The van der Waals surface area contributed by atoms with E-state index >= 15 is 0 Å². The summed E-state index contributed by atoms with van der Waals surface area (Å²) in [7, 11) is 0. The number of benzene rings is 2. The Morgan fingerprint density at radius 1 is 0.968 bits per heavy atom. The summed E-state index contributed by atoms with van der Waals surface area (Å²) >= 11 is 0. The Hall–Kier alpha value is -2.59. The Morgan fingerprint density at radius 2 is 1.77 bits per heavy atom. The number of rotatable bonds is 4. The molecule has 2 aliphatic rings. The van der Waals surface area contributed by atoms with Gasteiger partial charge < -0.3 is 5.32 Å². The minimum atomic E-state index is 0.563. The largest absolute Gasteiger partial charge is 0.370 e. The predicted molar refractivity (Wildman–Crippen MR) is 128 cm³/mol. The van der Waals surface area contributed by atoms with Crippen molar-refractivity contribution in [3.8, 4) is 5.69 Å². The lowest BCUT2D eigenvalue weighted by Gasteiger charge is -2.31. The van der Waals surface area contributed by atoms with E-state index in [0.717, 1.165) is 32.6 Å². The van der Waals surface area contributed by atoms with E-state index in [-0.39, 0.29) is 0 Å². The van der Waals surface area contributed by atoms with E-state index in [0.29, 0.717) is 5.92 Å². The maximum absolute atomic E-state index is 5.24. The van der Waals surface area contributed by atoms with Gasteiger partial charge in [-0.15, -0.1) is 0 Å². The van der Waals surface area contributed by atoms with E-state index < -0.39 is 0 Å². The van der Waals surface area contributed by atoms with Gasteiger partial charge in [-0.1, -0.05) is 36.4 Å². The normalized spacial score (nSPS) is 17.7. The van der Waals surface area contributed by atoms with Gasteiger partial charge in [0.05, 0.1) is 11.4 Å². The number of hydrogen-bond donors (Lipinski definition) is 1. The number of nitrogens with one attached hydrogen (secondary N) is 1. The quantitative estimate of drug-likeness (QED) is 0.602.